The molecule has 7 heteroatoms. The molecule has 1 atom stereocenters. The molecule has 1 heterocycles. The second-order valence-electron chi connectivity index (χ2n) is 8.34. The van der Waals surface area contributed by atoms with Crippen LogP contribution < -0.4 is 21.1 Å². The van der Waals surface area contributed by atoms with Crippen LogP contribution in [0.15, 0.2) is 47.6 Å². The van der Waals surface area contributed by atoms with Crippen LogP contribution >= 0.6 is 0 Å². The minimum absolute atomic E-state index is 0.00662. The fourth-order valence-electron chi connectivity index (χ4n) is 4.05. The highest BCUT2D eigenvalue weighted by molar-refractivity contribution is 6.11. The molecule has 0 saturated heterocycles. The number of amides is 2. The Balaban J connectivity index is 1.81. The van der Waals surface area contributed by atoms with Crippen molar-refractivity contribution < 1.29 is 14.3 Å². The van der Waals surface area contributed by atoms with Gasteiger partial charge in [-0.2, -0.15) is 0 Å². The van der Waals surface area contributed by atoms with Crippen molar-refractivity contribution in [3.8, 4) is 11.5 Å². The molecule has 1 fully saturated rings. The Hall–Kier alpha value is -3.61. The topological polar surface area (TPSA) is 111 Å². The van der Waals surface area contributed by atoms with Gasteiger partial charge in [-0.15, -0.1) is 0 Å². The van der Waals surface area contributed by atoms with E-state index in [1.165, 1.54) is 6.20 Å². The summed E-state index contributed by atoms with van der Waals surface area (Å²) in [7, 11) is 0. The molecule has 7 nitrogen and oxygen atoms in total. The van der Waals surface area contributed by atoms with Gasteiger partial charge in [-0.1, -0.05) is 0 Å². The molecular formula is C25H28N4O3. The van der Waals surface area contributed by atoms with Gasteiger partial charge in [0.15, 0.2) is 0 Å². The molecular weight excluding hydrogens is 404 g/mol. The summed E-state index contributed by atoms with van der Waals surface area (Å²) >= 11 is 0. The first-order valence-electron chi connectivity index (χ1n) is 10.9. The third kappa shape index (κ3) is 4.37. The molecule has 4 rings (SSSR count). The van der Waals surface area contributed by atoms with E-state index < -0.39 is 5.91 Å². The lowest BCUT2D eigenvalue weighted by molar-refractivity contribution is -0.117. The maximum absolute atomic E-state index is 12.4. The molecule has 0 radical (unpaired) electrons. The van der Waals surface area contributed by atoms with E-state index in [1.54, 1.807) is 37.4 Å². The average Bonchev–Trinajstić information content (AvgIpc) is 3.59. The zero-order chi connectivity index (χ0) is 22.8. The van der Waals surface area contributed by atoms with Crippen molar-refractivity contribution in [1.82, 2.24) is 0 Å². The number of rotatable bonds is 6. The number of nitrogens with two attached hydrogens (primary N) is 2. The molecule has 2 aliphatic rings. The van der Waals surface area contributed by atoms with Gasteiger partial charge in [0.25, 0.3) is 0 Å². The van der Waals surface area contributed by atoms with E-state index in [0.717, 1.165) is 48.1 Å². The van der Waals surface area contributed by atoms with Gasteiger partial charge in [0.2, 0.25) is 11.8 Å². The Kier molecular flexibility index (Phi) is 5.99. The maximum Gasteiger partial charge on any atom is 0.248 e. The predicted octanol–water partition coefficient (Wildman–Crippen LogP) is 3.80. The van der Waals surface area contributed by atoms with Gasteiger partial charge in [-0.25, -0.2) is 0 Å². The van der Waals surface area contributed by atoms with Gasteiger partial charge in [-0.3, -0.25) is 14.6 Å². The Labute approximate surface area is 187 Å². The summed E-state index contributed by atoms with van der Waals surface area (Å²) in [5.41, 5.74) is 15.1. The number of ether oxygens (including phenoxy) is 1. The maximum atomic E-state index is 12.4. The van der Waals surface area contributed by atoms with Crippen LogP contribution in [-0.2, 0) is 11.2 Å². The number of hydrogen-bond acceptors (Lipinski definition) is 5. The minimum Gasteiger partial charge on any atom is -0.456 e. The summed E-state index contributed by atoms with van der Waals surface area (Å²) in [5, 5.41) is 0. The number of aliphatic imine (C=N–C) groups is 1. The smallest absolute Gasteiger partial charge is 0.248 e. The van der Waals surface area contributed by atoms with Crippen LogP contribution in [0.3, 0.4) is 0 Å². The molecule has 0 aromatic heterocycles. The van der Waals surface area contributed by atoms with Crippen LogP contribution in [0.5, 0.6) is 11.5 Å². The first-order valence-corrected chi connectivity index (χ1v) is 10.9. The number of hydrogen-bond donors (Lipinski definition) is 2. The lowest BCUT2D eigenvalue weighted by Gasteiger charge is -2.36. The standard InChI is InChI=1S/C25H28N4O3/c1-15-3-10-22-23(29(15)16(2)30)12-11-21(18(13-26)14-28-19-6-7-19)24(22)32-20-8-4-17(5-9-20)25(27)31/h4-5,8-9,11-15,19H,3,6-7,10,26H2,1-2H3,(H2,27,31)/t15-/m0/s1. The van der Waals surface area contributed by atoms with E-state index >= 15 is 0 Å². The molecule has 1 aliphatic heterocycles. The lowest BCUT2D eigenvalue weighted by atomic mass is 9.91. The summed E-state index contributed by atoms with van der Waals surface area (Å²) in [4.78, 5) is 30.2. The molecule has 32 heavy (non-hydrogen) atoms. The lowest BCUT2D eigenvalue weighted by Crippen LogP contribution is -2.40. The van der Waals surface area contributed by atoms with Crippen LogP contribution in [0, 0.1) is 0 Å². The molecule has 1 aliphatic carbocycles. The Morgan fingerprint density at radius 3 is 2.44 bits per heavy atom. The van der Waals surface area contributed by atoms with Gasteiger partial charge in [0.1, 0.15) is 11.5 Å². The molecule has 0 unspecified atom stereocenters. The van der Waals surface area contributed by atoms with Gasteiger partial charge >= 0.3 is 0 Å². The largest absolute Gasteiger partial charge is 0.456 e. The van der Waals surface area contributed by atoms with Crippen molar-refractivity contribution in [2.75, 3.05) is 4.90 Å². The van der Waals surface area contributed by atoms with E-state index in [1.807, 2.05) is 17.0 Å². The van der Waals surface area contributed by atoms with E-state index in [0.29, 0.717) is 23.1 Å². The fraction of sp³-hybridized carbons (Fsp3) is 0.320. The van der Waals surface area contributed by atoms with Crippen molar-refractivity contribution in [2.24, 2.45) is 16.5 Å². The van der Waals surface area contributed by atoms with E-state index in [-0.39, 0.29) is 11.9 Å². The second-order valence-corrected chi connectivity index (χ2v) is 8.34. The molecule has 0 spiro atoms. The van der Waals surface area contributed by atoms with Crippen LogP contribution in [0.2, 0.25) is 0 Å². The molecule has 2 aromatic carbocycles. The number of allylic oxidation sites excluding steroid dienone is 1. The molecule has 2 amide bonds. The zero-order valence-corrected chi connectivity index (χ0v) is 18.4. The normalized spacial score (nSPS) is 18.5. The van der Waals surface area contributed by atoms with Crippen molar-refractivity contribution in [2.45, 2.75) is 51.6 Å². The molecule has 0 bridgehead atoms. The first kappa shape index (κ1) is 21.6. The molecule has 4 N–H and O–H groups in total. The number of carbonyl (C=O) groups excluding carboxylic acids is 2. The third-order valence-electron chi connectivity index (χ3n) is 5.91. The monoisotopic (exact) mass is 432 g/mol. The van der Waals surface area contributed by atoms with Crippen LogP contribution in [-0.4, -0.2) is 30.1 Å². The summed E-state index contributed by atoms with van der Waals surface area (Å²) in [6.45, 7) is 3.63. The number of nitrogens with zero attached hydrogens (tertiary/aromatic N) is 2. The average molecular weight is 433 g/mol. The van der Waals surface area contributed by atoms with Gasteiger partial charge in [0.05, 0.1) is 11.7 Å². The fourth-order valence-corrected chi connectivity index (χ4v) is 4.05. The number of benzene rings is 2. The van der Waals surface area contributed by atoms with Crippen LogP contribution in [0.4, 0.5) is 5.69 Å². The number of carbonyl (C=O) groups is 2. The first-order chi connectivity index (χ1) is 15.4. The second kappa shape index (κ2) is 8.86. The molecule has 1 saturated carbocycles. The van der Waals surface area contributed by atoms with Crippen LogP contribution in [0.25, 0.3) is 5.57 Å². The molecule has 166 valence electrons. The number of anilines is 1. The quantitative estimate of drug-likeness (QED) is 0.676. The minimum atomic E-state index is -0.495. The van der Waals surface area contributed by atoms with Crippen molar-refractivity contribution in [3.05, 3.63) is 59.3 Å². The van der Waals surface area contributed by atoms with Crippen molar-refractivity contribution in [1.29, 1.82) is 0 Å². The Morgan fingerprint density at radius 1 is 1.12 bits per heavy atom. The predicted molar refractivity (Wildman–Crippen MR) is 126 cm³/mol. The third-order valence-corrected chi connectivity index (χ3v) is 5.91. The highest BCUT2D eigenvalue weighted by atomic mass is 16.5. The van der Waals surface area contributed by atoms with Crippen LogP contribution in [0.1, 0.15) is 54.6 Å². The Morgan fingerprint density at radius 2 is 1.84 bits per heavy atom. The Bertz CT molecular complexity index is 1100. The van der Waals surface area contributed by atoms with E-state index in [4.69, 9.17) is 16.2 Å². The van der Waals surface area contributed by atoms with E-state index in [2.05, 4.69) is 11.9 Å². The van der Waals surface area contributed by atoms with Crippen molar-refractivity contribution >= 4 is 29.3 Å². The summed E-state index contributed by atoms with van der Waals surface area (Å²) in [6, 6.07) is 11.0. The SMILES string of the molecule is CC(=O)N1c2ccc(C(C=NC3CC3)=CN)c(Oc3ccc(C(N)=O)cc3)c2CC[C@@H]1C. The highest BCUT2D eigenvalue weighted by Crippen LogP contribution is 2.43. The van der Waals surface area contributed by atoms with Gasteiger partial charge < -0.3 is 21.1 Å². The number of fused-ring (bicyclic) bond motifs is 1. The zero-order valence-electron chi connectivity index (χ0n) is 18.4. The van der Waals surface area contributed by atoms with Gasteiger partial charge in [0, 0.05) is 47.6 Å². The molecule has 2 aromatic rings. The summed E-state index contributed by atoms with van der Waals surface area (Å²) in [6.07, 6.45) is 7.12. The van der Waals surface area contributed by atoms with Gasteiger partial charge in [-0.05, 0) is 69.0 Å². The van der Waals surface area contributed by atoms with E-state index in [9.17, 15) is 9.59 Å². The van der Waals surface area contributed by atoms with Crippen molar-refractivity contribution in [3.63, 3.8) is 0 Å². The summed E-state index contributed by atoms with van der Waals surface area (Å²) in [5.74, 6) is 0.706. The highest BCUT2D eigenvalue weighted by Gasteiger charge is 2.30. The summed E-state index contributed by atoms with van der Waals surface area (Å²) < 4.78 is 6.36. The number of primary amides is 1.